The van der Waals surface area contributed by atoms with E-state index in [2.05, 4.69) is 10.2 Å². The summed E-state index contributed by atoms with van der Waals surface area (Å²) < 4.78 is 54.5. The maximum atomic E-state index is 13.2. The highest BCUT2D eigenvalue weighted by atomic mass is 32.2. The Balaban J connectivity index is 1.42. The quantitative estimate of drug-likeness (QED) is 0.704. The van der Waals surface area contributed by atoms with Crippen molar-refractivity contribution in [3.05, 3.63) is 59.7 Å². The molecule has 158 valence electrons. The summed E-state index contributed by atoms with van der Waals surface area (Å²) in [5.41, 5.74) is 1.09. The van der Waals surface area contributed by atoms with Gasteiger partial charge in [0.15, 0.2) is 0 Å². The van der Waals surface area contributed by atoms with Gasteiger partial charge in [0.25, 0.3) is 0 Å². The summed E-state index contributed by atoms with van der Waals surface area (Å²) in [5.74, 6) is -0.512. The molecule has 2 aromatic rings. The number of hydrogen-bond acceptors (Lipinski definition) is 5. The fraction of sp³-hybridized carbons (Fsp3) is 0.429. The summed E-state index contributed by atoms with van der Waals surface area (Å²) in [6.07, 6.45) is 3.24. The summed E-state index contributed by atoms with van der Waals surface area (Å²) in [6, 6.07) is 10.9. The molecule has 1 N–H and O–H groups in total. The van der Waals surface area contributed by atoms with Gasteiger partial charge in [-0.3, -0.25) is 0 Å². The van der Waals surface area contributed by atoms with Crippen molar-refractivity contribution in [3.8, 4) is 11.5 Å². The molecule has 2 aromatic carbocycles. The largest absolute Gasteiger partial charge is 0.457 e. The summed E-state index contributed by atoms with van der Waals surface area (Å²) in [5, 5.41) is 3.53. The number of halogens is 2. The Hall–Kier alpha value is -2.03. The highest BCUT2D eigenvalue weighted by Gasteiger charge is 2.19. The molecule has 0 saturated carbocycles. The number of likely N-dealkylation sites (tertiary alicyclic amines) is 1. The predicted molar refractivity (Wildman–Crippen MR) is 109 cm³/mol. The Morgan fingerprint density at radius 2 is 1.66 bits per heavy atom. The van der Waals surface area contributed by atoms with E-state index in [-0.39, 0.29) is 11.5 Å². The van der Waals surface area contributed by atoms with E-state index in [1.54, 1.807) is 12.1 Å². The van der Waals surface area contributed by atoms with Gasteiger partial charge in [0, 0.05) is 43.6 Å². The Morgan fingerprint density at radius 1 is 1.03 bits per heavy atom. The van der Waals surface area contributed by atoms with E-state index in [1.165, 1.54) is 6.26 Å². The summed E-state index contributed by atoms with van der Waals surface area (Å²) in [6.45, 7) is 3.10. The van der Waals surface area contributed by atoms with Crippen LogP contribution in [-0.2, 0) is 16.4 Å². The molecule has 0 bridgehead atoms. The van der Waals surface area contributed by atoms with E-state index < -0.39 is 21.5 Å². The van der Waals surface area contributed by atoms with Gasteiger partial charge >= 0.3 is 0 Å². The first kappa shape index (κ1) is 21.7. The minimum atomic E-state index is -2.92. The molecular weight excluding hydrogens is 398 g/mol. The molecule has 0 unspecified atom stereocenters. The lowest BCUT2D eigenvalue weighted by molar-refractivity contribution is 0.206. The molecule has 0 atom stereocenters. The first-order chi connectivity index (χ1) is 13.8. The summed E-state index contributed by atoms with van der Waals surface area (Å²) in [7, 11) is -2.92. The normalized spacial score (nSPS) is 16.1. The average molecular weight is 425 g/mol. The van der Waals surface area contributed by atoms with Crippen molar-refractivity contribution >= 4 is 9.84 Å². The molecular formula is C21H26F2N2O3S. The van der Waals surface area contributed by atoms with Crippen LogP contribution >= 0.6 is 0 Å². The van der Waals surface area contributed by atoms with E-state index in [0.717, 1.165) is 49.7 Å². The number of sulfone groups is 1. The molecule has 1 fully saturated rings. The highest BCUT2D eigenvalue weighted by molar-refractivity contribution is 7.90. The second-order valence-corrected chi connectivity index (χ2v) is 9.74. The van der Waals surface area contributed by atoms with Crippen molar-refractivity contribution in [1.82, 2.24) is 10.2 Å². The Morgan fingerprint density at radius 3 is 2.24 bits per heavy atom. The maximum absolute atomic E-state index is 13.2. The molecule has 3 rings (SSSR count). The van der Waals surface area contributed by atoms with Crippen LogP contribution in [0.5, 0.6) is 11.5 Å². The summed E-state index contributed by atoms with van der Waals surface area (Å²) in [4.78, 5) is 2.20. The molecule has 0 radical (unpaired) electrons. The lowest BCUT2D eigenvalue weighted by atomic mass is 10.0. The van der Waals surface area contributed by atoms with Gasteiger partial charge in [-0.1, -0.05) is 12.1 Å². The van der Waals surface area contributed by atoms with Gasteiger partial charge in [0.2, 0.25) is 0 Å². The van der Waals surface area contributed by atoms with Crippen LogP contribution in [-0.4, -0.2) is 51.0 Å². The third kappa shape index (κ3) is 7.38. The van der Waals surface area contributed by atoms with Crippen LogP contribution in [0.3, 0.4) is 0 Å². The van der Waals surface area contributed by atoms with Crippen LogP contribution in [0, 0.1) is 11.6 Å². The number of nitrogens with one attached hydrogen (secondary N) is 1. The molecule has 1 aliphatic rings. The lowest BCUT2D eigenvalue weighted by Gasteiger charge is -2.32. The topological polar surface area (TPSA) is 58.6 Å². The first-order valence-electron chi connectivity index (χ1n) is 9.63. The Labute approximate surface area is 170 Å². The third-order valence-electron chi connectivity index (χ3n) is 4.96. The number of rotatable bonds is 8. The average Bonchev–Trinajstić information content (AvgIpc) is 2.65. The third-order valence-corrected chi connectivity index (χ3v) is 5.88. The molecule has 0 aliphatic carbocycles. The van der Waals surface area contributed by atoms with Crippen molar-refractivity contribution in [2.45, 2.75) is 25.4 Å². The van der Waals surface area contributed by atoms with E-state index in [1.807, 2.05) is 12.1 Å². The van der Waals surface area contributed by atoms with Crippen molar-refractivity contribution in [2.24, 2.45) is 0 Å². The van der Waals surface area contributed by atoms with Crippen LogP contribution < -0.4 is 10.1 Å². The molecule has 1 saturated heterocycles. The second-order valence-electron chi connectivity index (χ2n) is 7.48. The highest BCUT2D eigenvalue weighted by Crippen LogP contribution is 2.23. The zero-order valence-electron chi connectivity index (χ0n) is 16.4. The SMILES string of the molecule is CS(=O)(=O)CCN1CCC(NCc2ccc(Oc3cc(F)cc(F)c3)cc2)CC1. The maximum Gasteiger partial charge on any atom is 0.148 e. The number of nitrogens with zero attached hydrogens (tertiary/aromatic N) is 1. The first-order valence-corrected chi connectivity index (χ1v) is 11.7. The van der Waals surface area contributed by atoms with Gasteiger partial charge in [-0.05, 0) is 43.6 Å². The van der Waals surface area contributed by atoms with E-state index >= 15 is 0 Å². The van der Waals surface area contributed by atoms with Crippen molar-refractivity contribution in [1.29, 1.82) is 0 Å². The van der Waals surface area contributed by atoms with E-state index in [4.69, 9.17) is 4.74 Å². The molecule has 0 amide bonds. The zero-order chi connectivity index (χ0) is 20.9. The van der Waals surface area contributed by atoms with E-state index in [9.17, 15) is 17.2 Å². The van der Waals surface area contributed by atoms with Gasteiger partial charge < -0.3 is 15.0 Å². The lowest BCUT2D eigenvalue weighted by Crippen LogP contribution is -2.43. The van der Waals surface area contributed by atoms with Crippen LogP contribution in [0.4, 0.5) is 8.78 Å². The second kappa shape index (κ2) is 9.65. The standard InChI is InChI=1S/C21H26F2N2O3S/c1-29(26,27)11-10-25-8-6-19(7-9-25)24-15-16-2-4-20(5-3-16)28-21-13-17(22)12-18(23)14-21/h2-5,12-14,19,24H,6-11,15H2,1H3. The van der Waals surface area contributed by atoms with Crippen LogP contribution in [0.2, 0.25) is 0 Å². The summed E-state index contributed by atoms with van der Waals surface area (Å²) >= 11 is 0. The molecule has 0 aromatic heterocycles. The molecule has 29 heavy (non-hydrogen) atoms. The molecule has 1 heterocycles. The zero-order valence-corrected chi connectivity index (χ0v) is 17.2. The minimum Gasteiger partial charge on any atom is -0.457 e. The van der Waals surface area contributed by atoms with Gasteiger partial charge in [-0.2, -0.15) is 0 Å². The minimum absolute atomic E-state index is 0.121. The Kier molecular flexibility index (Phi) is 7.21. The number of hydrogen-bond donors (Lipinski definition) is 1. The number of benzene rings is 2. The van der Waals surface area contributed by atoms with Gasteiger partial charge in [-0.15, -0.1) is 0 Å². The molecule has 0 spiro atoms. The molecule has 8 heteroatoms. The monoisotopic (exact) mass is 424 g/mol. The molecule has 5 nitrogen and oxygen atoms in total. The fourth-order valence-electron chi connectivity index (χ4n) is 3.32. The van der Waals surface area contributed by atoms with Crippen molar-refractivity contribution in [2.75, 3.05) is 31.6 Å². The smallest absolute Gasteiger partial charge is 0.148 e. The Bertz CT molecular complexity index is 892. The van der Waals surface area contributed by atoms with Gasteiger partial charge in [0.1, 0.15) is 33.0 Å². The predicted octanol–water partition coefficient (Wildman–Crippen LogP) is 3.36. The van der Waals surface area contributed by atoms with Crippen molar-refractivity contribution in [3.63, 3.8) is 0 Å². The van der Waals surface area contributed by atoms with Crippen LogP contribution in [0.25, 0.3) is 0 Å². The number of ether oxygens (including phenoxy) is 1. The van der Waals surface area contributed by atoms with Crippen LogP contribution in [0.1, 0.15) is 18.4 Å². The van der Waals surface area contributed by atoms with Crippen LogP contribution in [0.15, 0.2) is 42.5 Å². The van der Waals surface area contributed by atoms with Crippen molar-refractivity contribution < 1.29 is 21.9 Å². The van der Waals surface area contributed by atoms with Gasteiger partial charge in [0.05, 0.1) is 5.75 Å². The number of piperidine rings is 1. The fourth-order valence-corrected chi connectivity index (χ4v) is 3.91. The molecule has 1 aliphatic heterocycles. The van der Waals surface area contributed by atoms with Gasteiger partial charge in [-0.25, -0.2) is 17.2 Å². The van der Waals surface area contributed by atoms with E-state index in [0.29, 0.717) is 24.9 Å².